The number of allylic oxidation sites excluding steroid dienone is 8. The predicted octanol–water partition coefficient (Wildman–Crippen LogP) is 18.7. The van der Waals surface area contributed by atoms with Crippen LogP contribution in [0.1, 0.15) is 290 Å². The molecular weight excluding hydrogens is 805 g/mol. The molecule has 6 nitrogen and oxygen atoms in total. The Balaban J connectivity index is 3.92. The molecule has 1 unspecified atom stereocenters. The van der Waals surface area contributed by atoms with Crippen LogP contribution in [-0.2, 0) is 28.6 Å². The normalized spacial score (nSPS) is 12.4. The van der Waals surface area contributed by atoms with Crippen LogP contribution in [0.3, 0.4) is 0 Å². The maximum absolute atomic E-state index is 12.7. The molecule has 0 saturated carbocycles. The first-order valence-electron chi connectivity index (χ1n) is 28.1. The quantitative estimate of drug-likeness (QED) is 0.0262. The molecule has 0 rings (SSSR count). The van der Waals surface area contributed by atoms with Gasteiger partial charge in [-0.25, -0.2) is 0 Å². The van der Waals surface area contributed by atoms with E-state index in [2.05, 4.69) is 69.4 Å². The van der Waals surface area contributed by atoms with Gasteiger partial charge in [-0.3, -0.25) is 14.4 Å². The second kappa shape index (κ2) is 54.0. The monoisotopic (exact) mass is 911 g/mol. The van der Waals surface area contributed by atoms with Crippen molar-refractivity contribution in [1.29, 1.82) is 0 Å². The third kappa shape index (κ3) is 52.2. The van der Waals surface area contributed by atoms with Gasteiger partial charge < -0.3 is 14.2 Å². The summed E-state index contributed by atoms with van der Waals surface area (Å²) in [5.74, 6) is -0.888. The van der Waals surface area contributed by atoms with E-state index in [1.54, 1.807) is 0 Å². The molecule has 65 heavy (non-hydrogen) atoms. The Hall–Kier alpha value is -2.63. The number of carbonyl (C=O) groups is 3. The van der Waals surface area contributed by atoms with E-state index < -0.39 is 6.10 Å². The second-order valence-corrected chi connectivity index (χ2v) is 18.8. The van der Waals surface area contributed by atoms with E-state index in [4.69, 9.17) is 14.2 Å². The molecule has 1 atom stereocenters. The summed E-state index contributed by atoms with van der Waals surface area (Å²) in [4.78, 5) is 37.7. The lowest BCUT2D eigenvalue weighted by Gasteiger charge is -2.18. The molecular formula is C59H106O6. The Labute approximate surface area is 403 Å². The third-order valence-corrected chi connectivity index (χ3v) is 12.3. The Morgan fingerprint density at radius 3 is 0.938 bits per heavy atom. The van der Waals surface area contributed by atoms with Crippen molar-refractivity contribution in [1.82, 2.24) is 0 Å². The molecule has 0 aromatic carbocycles. The molecule has 0 aliphatic rings. The fourth-order valence-corrected chi connectivity index (χ4v) is 8.04. The lowest BCUT2D eigenvalue weighted by molar-refractivity contribution is -0.167. The van der Waals surface area contributed by atoms with Crippen molar-refractivity contribution in [2.75, 3.05) is 13.2 Å². The first-order valence-corrected chi connectivity index (χ1v) is 28.1. The van der Waals surface area contributed by atoms with Crippen LogP contribution in [0, 0.1) is 0 Å². The number of unbranched alkanes of at least 4 members (excludes halogenated alkanes) is 32. The number of hydrogen-bond acceptors (Lipinski definition) is 6. The SMILES string of the molecule is CCC/C=C\CCCCCCCC(=O)OC(COC(=O)CCCCCCCC)COC(=O)CCCCCCCCCCCCCCCCCC/C=C\C/C=C\C/C=C\CCCCCCC. The van der Waals surface area contributed by atoms with E-state index in [1.807, 2.05) is 0 Å². The lowest BCUT2D eigenvalue weighted by atomic mass is 10.0. The standard InChI is InChI=1S/C59H106O6/c1-4-7-10-13-16-18-20-21-22-23-24-25-26-27-28-29-30-31-32-33-34-35-36-37-38-39-40-42-43-46-49-52-58(61)64-55-56(54-63-57(60)51-48-45-15-12-9-6-3)65-59(62)53-50-47-44-41-19-17-14-11-8-5-2/h11,14,20-21,23-24,26-27,56H,4-10,12-13,15-19,22,25,28-55H2,1-3H3/b14-11-,21-20-,24-23-,27-26-. The Bertz CT molecular complexity index is 1140. The van der Waals surface area contributed by atoms with Crippen LogP contribution < -0.4 is 0 Å². The maximum Gasteiger partial charge on any atom is 0.306 e. The smallest absolute Gasteiger partial charge is 0.306 e. The molecule has 0 bridgehead atoms. The van der Waals surface area contributed by atoms with Gasteiger partial charge in [0.25, 0.3) is 0 Å². The highest BCUT2D eigenvalue weighted by atomic mass is 16.6. The zero-order valence-corrected chi connectivity index (χ0v) is 43.3. The first kappa shape index (κ1) is 62.4. The number of ether oxygens (including phenoxy) is 3. The number of hydrogen-bond donors (Lipinski definition) is 0. The van der Waals surface area contributed by atoms with Crippen LogP contribution in [0.2, 0.25) is 0 Å². The minimum Gasteiger partial charge on any atom is -0.462 e. The summed E-state index contributed by atoms with van der Waals surface area (Å²) in [5, 5.41) is 0. The van der Waals surface area contributed by atoms with Crippen LogP contribution in [0.25, 0.3) is 0 Å². The lowest BCUT2D eigenvalue weighted by Crippen LogP contribution is -2.30. The first-order chi connectivity index (χ1) is 32.0. The van der Waals surface area contributed by atoms with E-state index in [9.17, 15) is 14.4 Å². The molecule has 0 heterocycles. The van der Waals surface area contributed by atoms with Gasteiger partial charge in [0, 0.05) is 19.3 Å². The minimum atomic E-state index is -0.770. The highest BCUT2D eigenvalue weighted by molar-refractivity contribution is 5.71. The highest BCUT2D eigenvalue weighted by Gasteiger charge is 2.19. The van der Waals surface area contributed by atoms with E-state index in [1.165, 1.54) is 161 Å². The Morgan fingerprint density at radius 1 is 0.308 bits per heavy atom. The van der Waals surface area contributed by atoms with Gasteiger partial charge in [0.1, 0.15) is 13.2 Å². The number of rotatable bonds is 51. The summed E-state index contributed by atoms with van der Waals surface area (Å²) in [7, 11) is 0. The van der Waals surface area contributed by atoms with Gasteiger partial charge in [-0.15, -0.1) is 0 Å². The molecule has 0 aliphatic heterocycles. The van der Waals surface area contributed by atoms with E-state index in [0.29, 0.717) is 19.3 Å². The van der Waals surface area contributed by atoms with Gasteiger partial charge in [-0.05, 0) is 77.0 Å². The fraction of sp³-hybridized carbons (Fsp3) is 0.814. The molecule has 0 fully saturated rings. The van der Waals surface area contributed by atoms with Crippen molar-refractivity contribution in [3.8, 4) is 0 Å². The highest BCUT2D eigenvalue weighted by Crippen LogP contribution is 2.16. The van der Waals surface area contributed by atoms with Crippen LogP contribution in [-0.4, -0.2) is 37.2 Å². The van der Waals surface area contributed by atoms with Gasteiger partial charge in [0.05, 0.1) is 0 Å². The van der Waals surface area contributed by atoms with Crippen molar-refractivity contribution in [2.24, 2.45) is 0 Å². The van der Waals surface area contributed by atoms with Crippen molar-refractivity contribution >= 4 is 17.9 Å². The van der Waals surface area contributed by atoms with Crippen molar-refractivity contribution in [3.63, 3.8) is 0 Å². The average molecular weight is 911 g/mol. The molecule has 0 radical (unpaired) electrons. The minimum absolute atomic E-state index is 0.0742. The third-order valence-electron chi connectivity index (χ3n) is 12.3. The largest absolute Gasteiger partial charge is 0.462 e. The van der Waals surface area contributed by atoms with Gasteiger partial charge in [0.2, 0.25) is 0 Å². The Kier molecular flexibility index (Phi) is 51.8. The van der Waals surface area contributed by atoms with Crippen LogP contribution in [0.4, 0.5) is 0 Å². The topological polar surface area (TPSA) is 78.9 Å². The zero-order valence-electron chi connectivity index (χ0n) is 43.3. The van der Waals surface area contributed by atoms with Gasteiger partial charge in [0.15, 0.2) is 6.10 Å². The van der Waals surface area contributed by atoms with Crippen molar-refractivity contribution in [2.45, 2.75) is 297 Å². The predicted molar refractivity (Wildman–Crippen MR) is 279 cm³/mol. The van der Waals surface area contributed by atoms with E-state index >= 15 is 0 Å². The van der Waals surface area contributed by atoms with Gasteiger partial charge in [-0.1, -0.05) is 243 Å². The van der Waals surface area contributed by atoms with Gasteiger partial charge >= 0.3 is 17.9 Å². The molecule has 0 spiro atoms. The molecule has 6 heteroatoms. The van der Waals surface area contributed by atoms with Gasteiger partial charge in [-0.2, -0.15) is 0 Å². The van der Waals surface area contributed by atoms with Crippen molar-refractivity contribution in [3.05, 3.63) is 48.6 Å². The summed E-state index contributed by atoms with van der Waals surface area (Å²) in [6.45, 7) is 6.51. The summed E-state index contributed by atoms with van der Waals surface area (Å²) in [5.41, 5.74) is 0. The summed E-state index contributed by atoms with van der Waals surface area (Å²) < 4.78 is 16.7. The molecule has 0 aliphatic carbocycles. The summed E-state index contributed by atoms with van der Waals surface area (Å²) in [6, 6.07) is 0. The molecule has 0 aromatic heterocycles. The average Bonchev–Trinajstić information content (AvgIpc) is 3.30. The summed E-state index contributed by atoms with van der Waals surface area (Å²) >= 11 is 0. The number of esters is 3. The molecule has 0 N–H and O–H groups in total. The van der Waals surface area contributed by atoms with Crippen molar-refractivity contribution < 1.29 is 28.6 Å². The van der Waals surface area contributed by atoms with Crippen LogP contribution in [0.5, 0.6) is 0 Å². The van der Waals surface area contributed by atoms with Crippen LogP contribution in [0.15, 0.2) is 48.6 Å². The molecule has 378 valence electrons. The fourth-order valence-electron chi connectivity index (χ4n) is 8.04. The summed E-state index contributed by atoms with van der Waals surface area (Å²) in [6.07, 6.45) is 65.9. The molecule has 0 amide bonds. The second-order valence-electron chi connectivity index (χ2n) is 18.8. The maximum atomic E-state index is 12.7. The zero-order chi connectivity index (χ0) is 47.2. The number of carbonyl (C=O) groups excluding carboxylic acids is 3. The molecule has 0 saturated heterocycles. The van der Waals surface area contributed by atoms with E-state index in [0.717, 1.165) is 89.9 Å². The van der Waals surface area contributed by atoms with Crippen LogP contribution >= 0.6 is 0 Å². The Morgan fingerprint density at radius 2 is 0.585 bits per heavy atom. The van der Waals surface area contributed by atoms with E-state index in [-0.39, 0.29) is 31.1 Å². The molecule has 0 aromatic rings.